The van der Waals surface area contributed by atoms with E-state index in [9.17, 15) is 0 Å². The van der Waals surface area contributed by atoms with Gasteiger partial charge in [-0.2, -0.15) is 11.8 Å². The molecule has 7 nitrogen and oxygen atoms in total. The van der Waals surface area contributed by atoms with Gasteiger partial charge in [-0.3, -0.25) is 0 Å². The molecule has 30 heavy (non-hydrogen) atoms. The third-order valence-electron chi connectivity index (χ3n) is 5.12. The average molecular weight is 441 g/mol. The Morgan fingerprint density at radius 2 is 1.90 bits per heavy atom. The molecule has 0 bridgehead atoms. The summed E-state index contributed by atoms with van der Waals surface area (Å²) in [5, 5.41) is 0. The molecule has 4 atom stereocenters. The minimum absolute atomic E-state index is 0.0599. The highest BCUT2D eigenvalue weighted by atomic mass is 32.2. The largest absolute Gasteiger partial charge is 0.493 e. The monoisotopic (exact) mass is 440 g/mol. The van der Waals surface area contributed by atoms with Crippen molar-refractivity contribution in [2.24, 2.45) is 0 Å². The molecule has 1 aromatic rings. The van der Waals surface area contributed by atoms with Gasteiger partial charge in [-0.15, -0.1) is 0 Å². The number of ether oxygens (including phenoxy) is 7. The first-order chi connectivity index (χ1) is 14.8. The smallest absolute Gasteiger partial charge is 0.161 e. The summed E-state index contributed by atoms with van der Waals surface area (Å²) in [6.45, 7) is 4.23. The fraction of sp³-hybridized carbons (Fsp3) is 0.727. The second-order valence-corrected chi connectivity index (χ2v) is 8.92. The predicted octanol–water partition coefficient (Wildman–Crippen LogP) is 2.69. The topological polar surface area (TPSA) is 71.2 Å². The average Bonchev–Trinajstić information content (AvgIpc) is 3.63. The number of thioether (sulfide) groups is 1. The maximum absolute atomic E-state index is 6.00. The van der Waals surface area contributed by atoms with Gasteiger partial charge in [0.25, 0.3) is 0 Å². The lowest BCUT2D eigenvalue weighted by molar-refractivity contribution is -0.238. The summed E-state index contributed by atoms with van der Waals surface area (Å²) >= 11 is 1.90. The molecule has 0 aromatic heterocycles. The van der Waals surface area contributed by atoms with Crippen molar-refractivity contribution < 1.29 is 33.2 Å². The van der Waals surface area contributed by atoms with Crippen LogP contribution in [0, 0.1) is 0 Å². The third kappa shape index (κ3) is 7.59. The molecule has 8 heteroatoms. The summed E-state index contributed by atoms with van der Waals surface area (Å²) in [5.41, 5.74) is 1.26. The van der Waals surface area contributed by atoms with Crippen LogP contribution in [0.2, 0.25) is 0 Å². The van der Waals surface area contributed by atoms with Crippen molar-refractivity contribution in [1.82, 2.24) is 0 Å². The van der Waals surface area contributed by atoms with Crippen LogP contribution in [0.3, 0.4) is 0 Å². The number of methoxy groups -OCH3 is 1. The molecule has 0 amide bonds. The van der Waals surface area contributed by atoms with Gasteiger partial charge in [-0.1, -0.05) is 6.07 Å². The van der Waals surface area contributed by atoms with E-state index >= 15 is 0 Å². The highest BCUT2D eigenvalue weighted by Gasteiger charge is 2.26. The van der Waals surface area contributed by atoms with Crippen molar-refractivity contribution in [2.75, 3.05) is 58.3 Å². The van der Waals surface area contributed by atoms with Crippen LogP contribution >= 0.6 is 11.8 Å². The van der Waals surface area contributed by atoms with Crippen LogP contribution in [0.4, 0.5) is 0 Å². The first-order valence-corrected chi connectivity index (χ1v) is 11.9. The molecule has 3 heterocycles. The molecule has 3 aliphatic heterocycles. The van der Waals surface area contributed by atoms with Gasteiger partial charge in [0.05, 0.1) is 46.2 Å². The van der Waals surface area contributed by atoms with Crippen molar-refractivity contribution in [2.45, 2.75) is 43.9 Å². The van der Waals surface area contributed by atoms with Crippen LogP contribution in [-0.4, -0.2) is 82.9 Å². The lowest BCUT2D eigenvalue weighted by Crippen LogP contribution is -2.37. The quantitative estimate of drug-likeness (QED) is 0.287. The van der Waals surface area contributed by atoms with Crippen LogP contribution in [0.5, 0.6) is 11.5 Å². The van der Waals surface area contributed by atoms with Gasteiger partial charge < -0.3 is 33.2 Å². The summed E-state index contributed by atoms with van der Waals surface area (Å²) in [7, 11) is 1.67. The molecule has 0 aliphatic carbocycles. The standard InChI is InChI=1S/C22H32O7S/c1-23-20-5-4-16(9-21(20)28-14-18-13-27-18)3-2-8-30-15-19(29-22-6-7-25-22)11-24-10-17-12-26-17/h4-5,9,17-19,22H,2-3,6-8,10-15H2,1H3. The number of rotatable bonds is 16. The van der Waals surface area contributed by atoms with Crippen molar-refractivity contribution in [3.63, 3.8) is 0 Å². The molecule has 168 valence electrons. The summed E-state index contributed by atoms with van der Waals surface area (Å²) in [5.74, 6) is 3.53. The van der Waals surface area contributed by atoms with E-state index in [4.69, 9.17) is 33.2 Å². The highest BCUT2D eigenvalue weighted by molar-refractivity contribution is 7.99. The zero-order valence-electron chi connectivity index (χ0n) is 17.6. The second kappa shape index (κ2) is 11.5. The molecular formula is C22H32O7S. The van der Waals surface area contributed by atoms with E-state index in [-0.39, 0.29) is 24.6 Å². The molecule has 4 unspecified atom stereocenters. The summed E-state index contributed by atoms with van der Waals surface area (Å²) < 4.78 is 38.8. The van der Waals surface area contributed by atoms with Crippen molar-refractivity contribution >= 4 is 11.8 Å². The Morgan fingerprint density at radius 3 is 2.60 bits per heavy atom. The van der Waals surface area contributed by atoms with Crippen LogP contribution < -0.4 is 9.47 Å². The molecule has 3 fully saturated rings. The van der Waals surface area contributed by atoms with Gasteiger partial charge in [0.2, 0.25) is 0 Å². The fourth-order valence-corrected chi connectivity index (χ4v) is 4.04. The summed E-state index contributed by atoms with van der Waals surface area (Å²) in [6.07, 6.45) is 3.58. The molecule has 4 rings (SSSR count). The number of hydrogen-bond acceptors (Lipinski definition) is 8. The van der Waals surface area contributed by atoms with Crippen LogP contribution in [0.25, 0.3) is 0 Å². The SMILES string of the molecule is COc1ccc(CCCSCC(COCC2CO2)OC2CCO2)cc1OCC1CO1. The third-order valence-corrected chi connectivity index (χ3v) is 6.31. The molecule has 3 saturated heterocycles. The maximum atomic E-state index is 6.00. The first kappa shape index (κ1) is 22.2. The fourth-order valence-electron chi connectivity index (χ4n) is 3.09. The van der Waals surface area contributed by atoms with Gasteiger partial charge >= 0.3 is 0 Å². The Kier molecular flexibility index (Phi) is 8.54. The van der Waals surface area contributed by atoms with E-state index < -0.39 is 0 Å². The molecule has 0 spiro atoms. The Labute approximate surface area is 182 Å². The minimum Gasteiger partial charge on any atom is -0.493 e. The van der Waals surface area contributed by atoms with E-state index in [0.29, 0.717) is 19.8 Å². The van der Waals surface area contributed by atoms with Gasteiger partial charge in [0.15, 0.2) is 17.8 Å². The summed E-state index contributed by atoms with van der Waals surface area (Å²) in [6, 6.07) is 6.17. The van der Waals surface area contributed by atoms with E-state index in [1.54, 1.807) is 7.11 Å². The zero-order chi connectivity index (χ0) is 20.6. The molecule has 0 saturated carbocycles. The summed E-state index contributed by atoms with van der Waals surface area (Å²) in [4.78, 5) is 0. The normalized spacial score (nSPS) is 25.4. The predicted molar refractivity (Wildman–Crippen MR) is 114 cm³/mol. The van der Waals surface area contributed by atoms with Crippen molar-refractivity contribution in [1.29, 1.82) is 0 Å². The van der Waals surface area contributed by atoms with Gasteiger partial charge in [0.1, 0.15) is 18.8 Å². The second-order valence-electron chi connectivity index (χ2n) is 7.77. The lowest BCUT2D eigenvalue weighted by atomic mass is 10.1. The van der Waals surface area contributed by atoms with Crippen LogP contribution in [0.1, 0.15) is 18.4 Å². The number of epoxide rings is 2. The molecular weight excluding hydrogens is 408 g/mol. The molecule has 3 aliphatic rings. The Bertz CT molecular complexity index is 646. The van der Waals surface area contributed by atoms with Gasteiger partial charge in [-0.05, 0) is 36.3 Å². The highest BCUT2D eigenvalue weighted by Crippen LogP contribution is 2.29. The van der Waals surface area contributed by atoms with Crippen molar-refractivity contribution in [3.05, 3.63) is 23.8 Å². The number of benzene rings is 1. The Morgan fingerprint density at radius 1 is 1.10 bits per heavy atom. The van der Waals surface area contributed by atoms with Gasteiger partial charge in [0, 0.05) is 12.2 Å². The van der Waals surface area contributed by atoms with E-state index in [0.717, 1.165) is 62.1 Å². The van der Waals surface area contributed by atoms with E-state index in [2.05, 4.69) is 12.1 Å². The number of hydrogen-bond donors (Lipinski definition) is 0. The maximum Gasteiger partial charge on any atom is 0.161 e. The Balaban J connectivity index is 1.14. The molecule has 1 aromatic carbocycles. The Hall–Kier alpha value is -1.03. The first-order valence-electron chi connectivity index (χ1n) is 10.8. The van der Waals surface area contributed by atoms with E-state index in [1.807, 2.05) is 17.8 Å². The number of aryl methyl sites for hydroxylation is 1. The lowest BCUT2D eigenvalue weighted by Gasteiger charge is -2.30. The van der Waals surface area contributed by atoms with Crippen LogP contribution in [-0.2, 0) is 30.1 Å². The van der Waals surface area contributed by atoms with Gasteiger partial charge in [-0.25, -0.2) is 0 Å². The zero-order valence-corrected chi connectivity index (χ0v) is 18.4. The molecule has 0 radical (unpaired) electrons. The molecule has 0 N–H and O–H groups in total. The van der Waals surface area contributed by atoms with E-state index in [1.165, 1.54) is 5.56 Å². The van der Waals surface area contributed by atoms with Crippen molar-refractivity contribution in [3.8, 4) is 11.5 Å². The van der Waals surface area contributed by atoms with Crippen LogP contribution in [0.15, 0.2) is 18.2 Å². The minimum atomic E-state index is -0.0601.